The summed E-state index contributed by atoms with van der Waals surface area (Å²) >= 11 is 1.84. The lowest BCUT2D eigenvalue weighted by Gasteiger charge is -2.16. The fraction of sp³-hybridized carbons (Fsp3) is 0.867. The third kappa shape index (κ3) is 7.86. The number of aliphatic hydroxyl groups excluding tert-OH is 2. The number of hydrogen-bond acceptors (Lipinski definition) is 8. The summed E-state index contributed by atoms with van der Waals surface area (Å²) < 4.78 is 20.6. The van der Waals surface area contributed by atoms with E-state index in [1.54, 1.807) is 0 Å². The van der Waals surface area contributed by atoms with Gasteiger partial charge in [0, 0.05) is 24.0 Å². The van der Waals surface area contributed by atoms with Crippen LogP contribution in [0.3, 0.4) is 0 Å². The molecule has 2 aliphatic rings. The zero-order valence-corrected chi connectivity index (χ0v) is 17.1. The summed E-state index contributed by atoms with van der Waals surface area (Å²) in [6, 6.07) is 0.256. The Labute approximate surface area is 167 Å². The second kappa shape index (κ2) is 11.3. The summed E-state index contributed by atoms with van der Waals surface area (Å²) in [6.45, 7) is -1.29. The summed E-state index contributed by atoms with van der Waals surface area (Å²) in [5, 5.41) is 26.4. The maximum absolute atomic E-state index is 11.8. The van der Waals surface area contributed by atoms with Crippen LogP contribution in [0.25, 0.3) is 0 Å². The van der Waals surface area contributed by atoms with E-state index in [1.165, 1.54) is 0 Å². The van der Waals surface area contributed by atoms with Gasteiger partial charge in [0.1, 0.15) is 6.10 Å². The highest BCUT2D eigenvalue weighted by atomic mass is 32.2. The molecule has 0 aromatic heterocycles. The molecule has 11 nitrogen and oxygen atoms in total. The van der Waals surface area contributed by atoms with Crippen LogP contribution in [0.2, 0.25) is 0 Å². The van der Waals surface area contributed by atoms with Crippen LogP contribution in [0.1, 0.15) is 25.7 Å². The second-order valence-corrected chi connectivity index (χ2v) is 9.38. The second-order valence-electron chi connectivity index (χ2n) is 6.65. The number of amides is 3. The molecular weight excluding hydrogens is 413 g/mol. The van der Waals surface area contributed by atoms with Crippen molar-refractivity contribution < 1.29 is 38.3 Å². The standard InChI is InChI=1S/C15H28N3O8PS/c19-7-10(20)8-26-27(23,24)25-6-5-16-13(21)4-2-1-3-12-14-11(9-28-12)17-15(22)18-14/h10-12,14,19-20H,1-9H2,(H,16,21)(H,23,24)(H2,17,18,22)/t10?,11-,12-,14-/m0/s1. The van der Waals surface area contributed by atoms with Crippen LogP contribution in [0.5, 0.6) is 0 Å². The minimum absolute atomic E-state index is 0.0508. The van der Waals surface area contributed by atoms with E-state index >= 15 is 0 Å². The average molecular weight is 441 g/mol. The van der Waals surface area contributed by atoms with Gasteiger partial charge in [0.25, 0.3) is 0 Å². The Morgan fingerprint density at radius 2 is 2.14 bits per heavy atom. The number of fused-ring (bicyclic) bond motifs is 1. The smallest absolute Gasteiger partial charge is 0.394 e. The molecule has 2 rings (SSSR count). The lowest BCUT2D eigenvalue weighted by atomic mass is 10.0. The van der Waals surface area contributed by atoms with Gasteiger partial charge in [-0.3, -0.25) is 13.8 Å². The molecule has 2 saturated heterocycles. The highest BCUT2D eigenvalue weighted by Crippen LogP contribution is 2.42. The summed E-state index contributed by atoms with van der Waals surface area (Å²) in [5.41, 5.74) is 0. The van der Waals surface area contributed by atoms with Gasteiger partial charge in [-0.05, 0) is 12.8 Å². The Morgan fingerprint density at radius 3 is 2.89 bits per heavy atom. The van der Waals surface area contributed by atoms with Gasteiger partial charge in [-0.1, -0.05) is 6.42 Å². The molecule has 5 atom stereocenters. The van der Waals surface area contributed by atoms with Gasteiger partial charge in [0.15, 0.2) is 0 Å². The molecule has 0 aromatic carbocycles. The maximum Gasteiger partial charge on any atom is 0.472 e. The quantitative estimate of drug-likeness (QED) is 0.123. The Morgan fingerprint density at radius 1 is 1.36 bits per heavy atom. The van der Waals surface area contributed by atoms with Crippen LogP contribution < -0.4 is 16.0 Å². The Balaban J connectivity index is 1.49. The Bertz CT molecular complexity index is 583. The number of phosphoric acid groups is 1. The van der Waals surface area contributed by atoms with Gasteiger partial charge >= 0.3 is 13.9 Å². The van der Waals surface area contributed by atoms with Crippen molar-refractivity contribution in [1.29, 1.82) is 0 Å². The van der Waals surface area contributed by atoms with E-state index in [0.717, 1.165) is 18.6 Å². The van der Waals surface area contributed by atoms with Gasteiger partial charge in [-0.2, -0.15) is 11.8 Å². The van der Waals surface area contributed by atoms with Crippen molar-refractivity contribution in [1.82, 2.24) is 16.0 Å². The lowest BCUT2D eigenvalue weighted by Crippen LogP contribution is -2.36. The van der Waals surface area contributed by atoms with Crippen LogP contribution >= 0.6 is 19.6 Å². The van der Waals surface area contributed by atoms with Crippen molar-refractivity contribution in [2.24, 2.45) is 0 Å². The number of carbonyl (C=O) groups is 2. The zero-order valence-electron chi connectivity index (χ0n) is 15.4. The molecule has 0 bridgehead atoms. The van der Waals surface area contributed by atoms with Gasteiger partial charge in [0.2, 0.25) is 5.91 Å². The van der Waals surface area contributed by atoms with Crippen LogP contribution in [0.4, 0.5) is 4.79 Å². The Hall–Kier alpha value is -0.880. The Kier molecular flexibility index (Phi) is 9.48. The molecule has 6 N–H and O–H groups in total. The van der Waals surface area contributed by atoms with Gasteiger partial charge in [-0.25, -0.2) is 9.36 Å². The average Bonchev–Trinajstić information content (AvgIpc) is 3.20. The van der Waals surface area contributed by atoms with E-state index in [0.29, 0.717) is 18.1 Å². The number of unbranched alkanes of at least 4 members (excludes halogenated alkanes) is 1. The summed E-state index contributed by atoms with van der Waals surface area (Å²) in [4.78, 5) is 32.5. The third-order valence-corrected chi connectivity index (χ3v) is 6.89. The first-order valence-electron chi connectivity index (χ1n) is 9.17. The van der Waals surface area contributed by atoms with E-state index < -0.39 is 27.1 Å². The minimum Gasteiger partial charge on any atom is -0.394 e. The molecule has 0 spiro atoms. The molecule has 28 heavy (non-hydrogen) atoms. The van der Waals surface area contributed by atoms with Crippen LogP contribution in [0.15, 0.2) is 0 Å². The van der Waals surface area contributed by atoms with Crippen LogP contribution in [-0.2, 0) is 18.4 Å². The molecule has 3 amide bonds. The minimum atomic E-state index is -4.33. The normalized spacial score (nSPS) is 26.8. The maximum atomic E-state index is 11.8. The first kappa shape index (κ1) is 23.4. The largest absolute Gasteiger partial charge is 0.472 e. The number of urea groups is 1. The van der Waals surface area contributed by atoms with Crippen molar-refractivity contribution in [3.63, 3.8) is 0 Å². The van der Waals surface area contributed by atoms with Crippen molar-refractivity contribution in [2.75, 3.05) is 32.1 Å². The molecule has 2 unspecified atom stereocenters. The van der Waals surface area contributed by atoms with Crippen molar-refractivity contribution >= 4 is 31.5 Å². The predicted molar refractivity (Wildman–Crippen MR) is 102 cm³/mol. The number of phosphoric ester groups is 1. The monoisotopic (exact) mass is 441 g/mol. The molecule has 2 heterocycles. The number of hydrogen-bond donors (Lipinski definition) is 6. The number of aliphatic hydroxyl groups is 2. The molecule has 0 aromatic rings. The topological polar surface area (TPSA) is 166 Å². The molecule has 2 fully saturated rings. The summed E-state index contributed by atoms with van der Waals surface area (Å²) in [7, 11) is -4.33. The van der Waals surface area contributed by atoms with Gasteiger partial charge < -0.3 is 31.1 Å². The molecule has 2 aliphatic heterocycles. The highest BCUT2D eigenvalue weighted by Gasteiger charge is 2.42. The predicted octanol–water partition coefficient (Wildman–Crippen LogP) is -0.685. The van der Waals surface area contributed by atoms with E-state index in [-0.39, 0.29) is 37.2 Å². The summed E-state index contributed by atoms with van der Waals surface area (Å²) in [5.74, 6) is 0.729. The van der Waals surface area contributed by atoms with E-state index in [9.17, 15) is 19.0 Å². The zero-order chi connectivity index (χ0) is 20.6. The molecular formula is C15H28N3O8PS. The van der Waals surface area contributed by atoms with Gasteiger partial charge in [0.05, 0.1) is 31.9 Å². The highest BCUT2D eigenvalue weighted by molar-refractivity contribution is 8.00. The molecule has 0 radical (unpaired) electrons. The van der Waals surface area contributed by atoms with Crippen molar-refractivity contribution in [3.8, 4) is 0 Å². The third-order valence-electron chi connectivity index (χ3n) is 4.40. The van der Waals surface area contributed by atoms with Crippen molar-refractivity contribution in [3.05, 3.63) is 0 Å². The molecule has 162 valence electrons. The van der Waals surface area contributed by atoms with Crippen molar-refractivity contribution in [2.45, 2.75) is 49.1 Å². The fourth-order valence-electron chi connectivity index (χ4n) is 2.98. The molecule has 0 aliphatic carbocycles. The van der Waals surface area contributed by atoms with E-state index in [1.807, 2.05) is 11.8 Å². The first-order valence-corrected chi connectivity index (χ1v) is 11.7. The van der Waals surface area contributed by atoms with E-state index in [2.05, 4.69) is 25.0 Å². The number of rotatable bonds is 13. The lowest BCUT2D eigenvalue weighted by molar-refractivity contribution is -0.121. The fourth-order valence-corrected chi connectivity index (χ4v) is 5.28. The molecule has 0 saturated carbocycles. The number of nitrogens with one attached hydrogen (secondary N) is 3. The number of carbonyl (C=O) groups excluding carboxylic acids is 2. The van der Waals surface area contributed by atoms with E-state index in [4.69, 9.17) is 10.2 Å². The molecule has 13 heteroatoms. The SMILES string of the molecule is O=C(CCCC[C@@H]1SC[C@@H]2NC(=O)N[C@@H]21)NCCOP(=O)(O)OCC(O)CO. The van der Waals surface area contributed by atoms with Crippen LogP contribution in [-0.4, -0.2) is 82.6 Å². The number of thioether (sulfide) groups is 1. The summed E-state index contributed by atoms with van der Waals surface area (Å²) in [6.07, 6.45) is 1.58. The first-order chi connectivity index (χ1) is 13.3. The van der Waals surface area contributed by atoms with Gasteiger partial charge in [-0.15, -0.1) is 0 Å². The van der Waals surface area contributed by atoms with Crippen LogP contribution in [0, 0.1) is 0 Å².